The van der Waals surface area contributed by atoms with E-state index in [4.69, 9.17) is 4.74 Å². The van der Waals surface area contributed by atoms with E-state index < -0.39 is 15.8 Å². The molecule has 0 atom stereocenters. The van der Waals surface area contributed by atoms with Gasteiger partial charge in [-0.25, -0.2) is 0 Å². The van der Waals surface area contributed by atoms with Gasteiger partial charge < -0.3 is 10.1 Å². The number of non-ortho nitro benzene ring substituents is 1. The van der Waals surface area contributed by atoms with Crippen LogP contribution in [0.2, 0.25) is 0 Å². The van der Waals surface area contributed by atoms with Gasteiger partial charge >= 0.3 is 5.69 Å². The standard InChI is InChI=1S/C13H13N5O6/c1-8-12(18(22)23)6-14-16(8)7-13(19)15-9-3-10(17(20)21)5-11(4-9)24-2/h3-6H,7H2,1-2H3,(H,15,19). The Balaban J connectivity index is 2.16. The van der Waals surface area contributed by atoms with Crippen LogP contribution in [-0.4, -0.2) is 32.6 Å². The molecule has 126 valence electrons. The minimum absolute atomic E-state index is 0.172. The number of nitro benzene ring substituents is 1. The van der Waals surface area contributed by atoms with Crippen molar-refractivity contribution in [2.45, 2.75) is 13.5 Å². The van der Waals surface area contributed by atoms with Crippen molar-refractivity contribution in [1.29, 1.82) is 0 Å². The molecule has 0 fully saturated rings. The summed E-state index contributed by atoms with van der Waals surface area (Å²) in [6.45, 7) is 1.19. The number of aromatic nitrogens is 2. The summed E-state index contributed by atoms with van der Waals surface area (Å²) < 4.78 is 6.11. The molecule has 0 bridgehead atoms. The van der Waals surface area contributed by atoms with Crippen LogP contribution < -0.4 is 10.1 Å². The Hall–Kier alpha value is -3.50. The summed E-state index contributed by atoms with van der Waals surface area (Å²) in [6.07, 6.45) is 1.05. The van der Waals surface area contributed by atoms with Gasteiger partial charge in [0.15, 0.2) is 0 Å². The molecule has 1 amide bonds. The van der Waals surface area contributed by atoms with Gasteiger partial charge in [-0.15, -0.1) is 0 Å². The second kappa shape index (κ2) is 6.73. The van der Waals surface area contributed by atoms with E-state index in [9.17, 15) is 25.0 Å². The lowest BCUT2D eigenvalue weighted by Gasteiger charge is -2.08. The number of nitrogens with one attached hydrogen (secondary N) is 1. The van der Waals surface area contributed by atoms with Crippen molar-refractivity contribution >= 4 is 23.0 Å². The second-order valence-corrected chi connectivity index (χ2v) is 4.75. The highest BCUT2D eigenvalue weighted by Crippen LogP contribution is 2.26. The van der Waals surface area contributed by atoms with Crippen LogP contribution in [0, 0.1) is 27.2 Å². The number of rotatable bonds is 6. The summed E-state index contributed by atoms with van der Waals surface area (Å²) in [6, 6.07) is 3.82. The predicted octanol–water partition coefficient (Wildman–Crippen LogP) is 1.66. The summed E-state index contributed by atoms with van der Waals surface area (Å²) in [7, 11) is 1.34. The van der Waals surface area contributed by atoms with E-state index in [2.05, 4.69) is 10.4 Å². The number of ether oxygens (including phenoxy) is 1. The number of nitrogens with zero attached hydrogens (tertiary/aromatic N) is 4. The van der Waals surface area contributed by atoms with Crippen LogP contribution >= 0.6 is 0 Å². The number of anilines is 1. The highest BCUT2D eigenvalue weighted by molar-refractivity contribution is 5.91. The molecule has 11 heteroatoms. The molecule has 0 aliphatic carbocycles. The van der Waals surface area contributed by atoms with Gasteiger partial charge in [0, 0.05) is 12.1 Å². The van der Waals surface area contributed by atoms with Gasteiger partial charge in [0.05, 0.1) is 28.7 Å². The molecule has 2 rings (SSSR count). The number of methoxy groups -OCH3 is 1. The van der Waals surface area contributed by atoms with Crippen LogP contribution in [0.5, 0.6) is 5.75 Å². The Bertz CT molecular complexity index is 815. The summed E-state index contributed by atoms with van der Waals surface area (Å²) in [4.78, 5) is 32.5. The number of nitro groups is 2. The number of benzene rings is 1. The maximum atomic E-state index is 12.0. The first-order valence-electron chi connectivity index (χ1n) is 6.62. The number of carbonyl (C=O) groups excluding carboxylic acids is 1. The molecule has 0 spiro atoms. The summed E-state index contributed by atoms with van der Waals surface area (Å²) in [5.41, 5.74) is -0.0347. The highest BCUT2D eigenvalue weighted by atomic mass is 16.6. The van der Waals surface area contributed by atoms with Crippen molar-refractivity contribution in [1.82, 2.24) is 9.78 Å². The molecule has 0 unspecified atom stereocenters. The third-order valence-corrected chi connectivity index (χ3v) is 3.19. The zero-order valence-corrected chi connectivity index (χ0v) is 12.8. The summed E-state index contributed by atoms with van der Waals surface area (Å²) >= 11 is 0. The van der Waals surface area contributed by atoms with E-state index in [1.807, 2.05) is 0 Å². The van der Waals surface area contributed by atoms with Crippen molar-refractivity contribution in [3.05, 3.63) is 50.3 Å². The van der Waals surface area contributed by atoms with Gasteiger partial charge in [0.1, 0.15) is 24.2 Å². The van der Waals surface area contributed by atoms with E-state index in [0.717, 1.165) is 6.20 Å². The zero-order chi connectivity index (χ0) is 17.9. The number of carbonyl (C=O) groups is 1. The molecule has 0 saturated carbocycles. The van der Waals surface area contributed by atoms with Crippen molar-refractivity contribution < 1.29 is 19.4 Å². The third kappa shape index (κ3) is 3.63. The van der Waals surface area contributed by atoms with Crippen molar-refractivity contribution in [2.24, 2.45) is 0 Å². The maximum absolute atomic E-state index is 12.0. The molecule has 2 aromatic rings. The summed E-state index contributed by atoms with van der Waals surface area (Å²) in [5.74, 6) is -0.330. The van der Waals surface area contributed by atoms with Crippen molar-refractivity contribution in [3.8, 4) is 5.75 Å². The number of amides is 1. The molecule has 1 aromatic heterocycles. The molecular weight excluding hydrogens is 322 g/mol. The summed E-state index contributed by atoms with van der Waals surface area (Å²) in [5, 5.41) is 27.9. The van der Waals surface area contributed by atoms with Gasteiger partial charge in [-0.2, -0.15) is 5.10 Å². The first kappa shape index (κ1) is 16.9. The molecule has 0 radical (unpaired) electrons. The Morgan fingerprint density at radius 2 is 2.00 bits per heavy atom. The third-order valence-electron chi connectivity index (χ3n) is 3.19. The van der Waals surface area contributed by atoms with Gasteiger partial charge in [-0.1, -0.05) is 0 Å². The van der Waals surface area contributed by atoms with E-state index in [1.165, 1.54) is 36.9 Å². The van der Waals surface area contributed by atoms with Gasteiger partial charge in [-0.05, 0) is 6.92 Å². The van der Waals surface area contributed by atoms with E-state index in [1.54, 1.807) is 0 Å². The average Bonchev–Trinajstić information content (AvgIpc) is 2.87. The first-order valence-corrected chi connectivity index (χ1v) is 6.62. The Morgan fingerprint density at radius 1 is 1.29 bits per heavy atom. The second-order valence-electron chi connectivity index (χ2n) is 4.75. The Labute approximate surface area is 135 Å². The molecule has 1 aromatic carbocycles. The van der Waals surface area contributed by atoms with Gasteiger partial charge in [0.25, 0.3) is 5.69 Å². The van der Waals surface area contributed by atoms with E-state index in [-0.39, 0.29) is 35.1 Å². The number of hydrogen-bond acceptors (Lipinski definition) is 7. The van der Waals surface area contributed by atoms with Crippen LogP contribution in [0.3, 0.4) is 0 Å². The topological polar surface area (TPSA) is 142 Å². The fourth-order valence-electron chi connectivity index (χ4n) is 1.99. The zero-order valence-electron chi connectivity index (χ0n) is 12.8. The molecule has 0 saturated heterocycles. The molecule has 24 heavy (non-hydrogen) atoms. The average molecular weight is 335 g/mol. The number of hydrogen-bond donors (Lipinski definition) is 1. The van der Waals surface area contributed by atoms with Crippen LogP contribution in [-0.2, 0) is 11.3 Å². The molecule has 0 aliphatic rings. The monoisotopic (exact) mass is 335 g/mol. The quantitative estimate of drug-likeness (QED) is 0.624. The lowest BCUT2D eigenvalue weighted by atomic mass is 10.2. The minimum Gasteiger partial charge on any atom is -0.496 e. The van der Waals surface area contributed by atoms with Gasteiger partial charge in [0.2, 0.25) is 5.91 Å². The Morgan fingerprint density at radius 3 is 2.54 bits per heavy atom. The largest absolute Gasteiger partial charge is 0.496 e. The smallest absolute Gasteiger partial charge is 0.309 e. The van der Waals surface area contributed by atoms with E-state index in [0.29, 0.717) is 0 Å². The van der Waals surface area contributed by atoms with Crippen molar-refractivity contribution in [3.63, 3.8) is 0 Å². The van der Waals surface area contributed by atoms with E-state index >= 15 is 0 Å². The van der Waals surface area contributed by atoms with Crippen LogP contribution in [0.4, 0.5) is 17.1 Å². The Kier molecular flexibility index (Phi) is 4.73. The van der Waals surface area contributed by atoms with Gasteiger partial charge in [-0.3, -0.25) is 29.7 Å². The van der Waals surface area contributed by atoms with Crippen LogP contribution in [0.1, 0.15) is 5.69 Å². The van der Waals surface area contributed by atoms with Crippen molar-refractivity contribution in [2.75, 3.05) is 12.4 Å². The lowest BCUT2D eigenvalue weighted by Crippen LogP contribution is -2.20. The minimum atomic E-state index is -0.612. The molecular formula is C13H13N5O6. The van der Waals surface area contributed by atoms with Crippen LogP contribution in [0.25, 0.3) is 0 Å². The molecule has 0 aliphatic heterocycles. The fourth-order valence-corrected chi connectivity index (χ4v) is 1.99. The first-order chi connectivity index (χ1) is 11.3. The van der Waals surface area contributed by atoms with Crippen LogP contribution in [0.15, 0.2) is 24.4 Å². The predicted molar refractivity (Wildman–Crippen MR) is 81.9 cm³/mol. The molecule has 1 heterocycles. The highest BCUT2D eigenvalue weighted by Gasteiger charge is 2.18. The normalized spacial score (nSPS) is 10.2. The molecule has 11 nitrogen and oxygen atoms in total. The SMILES string of the molecule is COc1cc(NC(=O)Cn2ncc([N+](=O)[O-])c2C)cc([N+](=O)[O-])c1. The fraction of sp³-hybridized carbons (Fsp3) is 0.231. The lowest BCUT2D eigenvalue weighted by molar-refractivity contribution is -0.385. The molecule has 1 N–H and O–H groups in total. The maximum Gasteiger partial charge on any atom is 0.309 e.